The molecular weight excluding hydrogens is 685 g/mol. The van der Waals surface area contributed by atoms with E-state index in [1.165, 1.54) is 180 Å². The summed E-state index contributed by atoms with van der Waals surface area (Å²) in [4.78, 5) is 37.7. The summed E-state index contributed by atoms with van der Waals surface area (Å²) in [5.41, 5.74) is 0. The molecule has 0 fully saturated rings. The number of hydrogen-bond donors (Lipinski definition) is 0. The third-order valence-corrected chi connectivity index (χ3v) is 11.1. The molecule has 0 aromatic heterocycles. The van der Waals surface area contributed by atoms with Crippen molar-refractivity contribution >= 4 is 17.9 Å². The standard InChI is InChI=1S/C49H94O6/c1-4-7-10-13-16-18-20-22-24-26-28-30-33-36-39-42-48(51)54-45-46(44-53-47(50)41-38-35-32-15-12-9-6-3)55-49(52)43-40-37-34-31-29-27-25-23-21-19-17-14-11-8-5-2/h46H,4-45H2,1-3H3/t46-/m0/s1. The zero-order valence-corrected chi connectivity index (χ0v) is 37.2. The maximum absolute atomic E-state index is 12.7. The molecule has 0 saturated heterocycles. The number of esters is 3. The van der Waals surface area contributed by atoms with Gasteiger partial charge in [0.05, 0.1) is 0 Å². The lowest BCUT2D eigenvalue weighted by Gasteiger charge is -2.18. The molecule has 0 N–H and O–H groups in total. The van der Waals surface area contributed by atoms with E-state index >= 15 is 0 Å². The van der Waals surface area contributed by atoms with Crippen LogP contribution in [0.25, 0.3) is 0 Å². The predicted octanol–water partition coefficient (Wildman–Crippen LogP) is 15.6. The quantitative estimate of drug-likeness (QED) is 0.0348. The zero-order chi connectivity index (χ0) is 40.1. The molecule has 0 saturated carbocycles. The van der Waals surface area contributed by atoms with Crippen molar-refractivity contribution in [1.29, 1.82) is 0 Å². The Bertz CT molecular complexity index is 813. The molecule has 0 aliphatic rings. The summed E-state index contributed by atoms with van der Waals surface area (Å²) in [6.45, 7) is 6.63. The van der Waals surface area contributed by atoms with Crippen molar-refractivity contribution in [3.63, 3.8) is 0 Å². The van der Waals surface area contributed by atoms with Gasteiger partial charge < -0.3 is 14.2 Å². The highest BCUT2D eigenvalue weighted by atomic mass is 16.6. The molecule has 0 unspecified atom stereocenters. The molecule has 0 bridgehead atoms. The Hall–Kier alpha value is -1.59. The van der Waals surface area contributed by atoms with Gasteiger partial charge in [0, 0.05) is 19.3 Å². The van der Waals surface area contributed by atoms with Crippen LogP contribution >= 0.6 is 0 Å². The minimum atomic E-state index is -0.758. The first-order valence-electron chi connectivity index (χ1n) is 24.5. The predicted molar refractivity (Wildman–Crippen MR) is 233 cm³/mol. The van der Waals surface area contributed by atoms with E-state index in [4.69, 9.17) is 14.2 Å². The maximum Gasteiger partial charge on any atom is 0.306 e. The second-order valence-corrected chi connectivity index (χ2v) is 16.7. The monoisotopic (exact) mass is 779 g/mol. The maximum atomic E-state index is 12.7. The lowest BCUT2D eigenvalue weighted by molar-refractivity contribution is -0.167. The number of unbranched alkanes of at least 4 members (excludes halogenated alkanes) is 34. The van der Waals surface area contributed by atoms with Gasteiger partial charge in [-0.3, -0.25) is 14.4 Å². The fraction of sp³-hybridized carbons (Fsp3) is 0.939. The average molecular weight is 779 g/mol. The highest BCUT2D eigenvalue weighted by Crippen LogP contribution is 2.16. The second kappa shape index (κ2) is 45.1. The van der Waals surface area contributed by atoms with Crippen molar-refractivity contribution in [1.82, 2.24) is 0 Å². The zero-order valence-electron chi connectivity index (χ0n) is 37.2. The Kier molecular flexibility index (Phi) is 43.8. The minimum Gasteiger partial charge on any atom is -0.462 e. The lowest BCUT2D eigenvalue weighted by atomic mass is 10.0. The third-order valence-electron chi connectivity index (χ3n) is 11.1. The molecule has 0 aliphatic heterocycles. The summed E-state index contributed by atoms with van der Waals surface area (Å²) in [5, 5.41) is 0. The molecule has 0 aliphatic carbocycles. The van der Waals surface area contributed by atoms with Gasteiger partial charge in [-0.25, -0.2) is 0 Å². The summed E-state index contributed by atoms with van der Waals surface area (Å²) in [6, 6.07) is 0. The first-order valence-corrected chi connectivity index (χ1v) is 24.5. The molecule has 0 amide bonds. The largest absolute Gasteiger partial charge is 0.462 e. The van der Waals surface area contributed by atoms with Crippen molar-refractivity contribution < 1.29 is 28.6 Å². The van der Waals surface area contributed by atoms with Gasteiger partial charge in [0.25, 0.3) is 0 Å². The molecule has 0 aromatic carbocycles. The topological polar surface area (TPSA) is 78.9 Å². The summed E-state index contributed by atoms with van der Waals surface area (Å²) < 4.78 is 16.7. The molecule has 6 nitrogen and oxygen atoms in total. The van der Waals surface area contributed by atoms with E-state index in [1.54, 1.807) is 0 Å². The number of hydrogen-bond acceptors (Lipinski definition) is 6. The third kappa shape index (κ3) is 43.4. The number of carbonyl (C=O) groups is 3. The Morgan fingerprint density at radius 1 is 0.291 bits per heavy atom. The highest BCUT2D eigenvalue weighted by Gasteiger charge is 2.19. The van der Waals surface area contributed by atoms with Crippen molar-refractivity contribution in [2.24, 2.45) is 0 Å². The Morgan fingerprint density at radius 2 is 0.491 bits per heavy atom. The molecule has 1 atom stereocenters. The fourth-order valence-corrected chi connectivity index (χ4v) is 7.38. The Morgan fingerprint density at radius 3 is 0.727 bits per heavy atom. The molecule has 0 heterocycles. The molecule has 55 heavy (non-hydrogen) atoms. The summed E-state index contributed by atoms with van der Waals surface area (Å²) in [5.74, 6) is -0.852. The van der Waals surface area contributed by atoms with Crippen LogP contribution in [-0.4, -0.2) is 37.2 Å². The SMILES string of the molecule is CCCCCCCCCCCCCCCCCC(=O)OC[C@H](COC(=O)CCCCCCCCC)OC(=O)CCCCCCCCCCCCCCCCC. The average Bonchev–Trinajstić information content (AvgIpc) is 3.18. The van der Waals surface area contributed by atoms with Crippen LogP contribution in [0.4, 0.5) is 0 Å². The number of carbonyl (C=O) groups excluding carboxylic acids is 3. The van der Waals surface area contributed by atoms with E-state index < -0.39 is 6.10 Å². The van der Waals surface area contributed by atoms with Gasteiger partial charge >= 0.3 is 17.9 Å². The van der Waals surface area contributed by atoms with E-state index in [0.29, 0.717) is 19.3 Å². The van der Waals surface area contributed by atoms with Gasteiger partial charge in [-0.2, -0.15) is 0 Å². The van der Waals surface area contributed by atoms with Gasteiger partial charge in [-0.15, -0.1) is 0 Å². The smallest absolute Gasteiger partial charge is 0.306 e. The van der Waals surface area contributed by atoms with E-state index in [9.17, 15) is 14.4 Å². The van der Waals surface area contributed by atoms with E-state index in [1.807, 2.05) is 0 Å². The Labute approximate surface area is 342 Å². The summed E-state index contributed by atoms with van der Waals surface area (Å²) >= 11 is 0. The van der Waals surface area contributed by atoms with Gasteiger partial charge in [0.1, 0.15) is 13.2 Å². The molecular formula is C49H94O6. The summed E-state index contributed by atoms with van der Waals surface area (Å²) in [7, 11) is 0. The van der Waals surface area contributed by atoms with Crippen LogP contribution in [0.5, 0.6) is 0 Å². The lowest BCUT2D eigenvalue weighted by Crippen LogP contribution is -2.30. The van der Waals surface area contributed by atoms with Crippen LogP contribution in [0.1, 0.15) is 278 Å². The van der Waals surface area contributed by atoms with Crippen LogP contribution in [0, 0.1) is 0 Å². The number of ether oxygens (including phenoxy) is 3. The van der Waals surface area contributed by atoms with Crippen LogP contribution in [-0.2, 0) is 28.6 Å². The fourth-order valence-electron chi connectivity index (χ4n) is 7.38. The van der Waals surface area contributed by atoms with Gasteiger partial charge in [0.15, 0.2) is 6.10 Å². The molecule has 6 heteroatoms. The normalized spacial score (nSPS) is 11.8. The first kappa shape index (κ1) is 53.4. The van der Waals surface area contributed by atoms with Gasteiger partial charge in [0.2, 0.25) is 0 Å². The van der Waals surface area contributed by atoms with Gasteiger partial charge in [-0.1, -0.05) is 239 Å². The van der Waals surface area contributed by atoms with Crippen LogP contribution < -0.4 is 0 Å². The van der Waals surface area contributed by atoms with Crippen molar-refractivity contribution in [2.45, 2.75) is 284 Å². The molecule has 326 valence electrons. The molecule has 0 spiro atoms. The minimum absolute atomic E-state index is 0.0626. The van der Waals surface area contributed by atoms with Crippen LogP contribution in [0.2, 0.25) is 0 Å². The molecule has 0 aromatic rings. The van der Waals surface area contributed by atoms with E-state index in [2.05, 4.69) is 20.8 Å². The van der Waals surface area contributed by atoms with Crippen LogP contribution in [0.3, 0.4) is 0 Å². The first-order chi connectivity index (χ1) is 27.0. The van der Waals surface area contributed by atoms with Crippen molar-refractivity contribution in [3.05, 3.63) is 0 Å². The Balaban J connectivity index is 4.22. The van der Waals surface area contributed by atoms with Crippen molar-refractivity contribution in [3.8, 4) is 0 Å². The van der Waals surface area contributed by atoms with E-state index in [-0.39, 0.29) is 31.1 Å². The van der Waals surface area contributed by atoms with Crippen LogP contribution in [0.15, 0.2) is 0 Å². The number of rotatable bonds is 45. The van der Waals surface area contributed by atoms with Gasteiger partial charge in [-0.05, 0) is 19.3 Å². The van der Waals surface area contributed by atoms with Crippen molar-refractivity contribution in [2.75, 3.05) is 13.2 Å². The second-order valence-electron chi connectivity index (χ2n) is 16.7. The molecule has 0 rings (SSSR count). The van der Waals surface area contributed by atoms with E-state index in [0.717, 1.165) is 57.8 Å². The highest BCUT2D eigenvalue weighted by molar-refractivity contribution is 5.71. The summed E-state index contributed by atoms with van der Waals surface area (Å²) in [6.07, 6.45) is 46.7. The molecule has 0 radical (unpaired) electrons.